The number of nitrogens with zero attached hydrogens (tertiary/aromatic N) is 2. The summed E-state index contributed by atoms with van der Waals surface area (Å²) in [4.78, 5) is 23.3. The van der Waals surface area contributed by atoms with Gasteiger partial charge in [0.2, 0.25) is 5.91 Å². The predicted molar refractivity (Wildman–Crippen MR) is 86.6 cm³/mol. The third-order valence-corrected chi connectivity index (χ3v) is 2.57. The molecule has 1 aromatic heterocycles. The standard InChI is InChI=1S/C10H10B3N5O2.C2H6/c11-10(12,13)16-9(20)7-5(14)3-6(17-18-7)15-8(19)4-1-2-4;1-2/h3-4H,1-2H2,(H,16,20)(H3,14,15,17,19);1-2H3. The molecule has 6 radical (unpaired) electrons. The first kappa shape index (κ1) is 18.1. The van der Waals surface area contributed by atoms with Gasteiger partial charge in [-0.15, -0.1) is 10.2 Å². The SMILES string of the molecule is CC.[B]C([B])([B])NC(=O)c1nnc(NC(=O)C2CC2)cc1N. The molecule has 1 aliphatic rings. The van der Waals surface area contributed by atoms with E-state index in [0.717, 1.165) is 12.8 Å². The van der Waals surface area contributed by atoms with Gasteiger partial charge in [0.15, 0.2) is 11.5 Å². The van der Waals surface area contributed by atoms with Crippen molar-refractivity contribution in [1.82, 2.24) is 15.5 Å². The Morgan fingerprint density at radius 2 is 1.86 bits per heavy atom. The predicted octanol–water partition coefficient (Wildman–Crippen LogP) is -0.720. The van der Waals surface area contributed by atoms with E-state index in [-0.39, 0.29) is 29.0 Å². The summed E-state index contributed by atoms with van der Waals surface area (Å²) in [6.45, 7) is 4.00. The van der Waals surface area contributed by atoms with E-state index in [2.05, 4.69) is 20.8 Å². The summed E-state index contributed by atoms with van der Waals surface area (Å²) >= 11 is 0. The summed E-state index contributed by atoms with van der Waals surface area (Å²) in [7, 11) is 15.7. The maximum absolute atomic E-state index is 11.7. The normalized spacial score (nSPS) is 13.5. The zero-order valence-corrected chi connectivity index (χ0v) is 12.6. The van der Waals surface area contributed by atoms with Crippen molar-refractivity contribution in [3.63, 3.8) is 0 Å². The quantitative estimate of drug-likeness (QED) is 0.635. The van der Waals surface area contributed by atoms with E-state index in [1.54, 1.807) is 0 Å². The maximum atomic E-state index is 11.7. The van der Waals surface area contributed by atoms with E-state index in [1.807, 2.05) is 13.8 Å². The van der Waals surface area contributed by atoms with Crippen molar-refractivity contribution < 1.29 is 9.59 Å². The second-order valence-electron chi connectivity index (χ2n) is 4.68. The molecule has 1 heterocycles. The average molecular weight is 295 g/mol. The molecule has 4 N–H and O–H groups in total. The topological polar surface area (TPSA) is 110 Å². The Balaban J connectivity index is 0.00000116. The van der Waals surface area contributed by atoms with Crippen LogP contribution < -0.4 is 16.4 Å². The third-order valence-electron chi connectivity index (χ3n) is 2.57. The molecule has 2 amide bonds. The fourth-order valence-electron chi connectivity index (χ4n) is 1.47. The molecular weight excluding hydrogens is 279 g/mol. The van der Waals surface area contributed by atoms with Gasteiger partial charge in [0.25, 0.3) is 5.91 Å². The van der Waals surface area contributed by atoms with E-state index >= 15 is 0 Å². The number of nitrogen functional groups attached to an aromatic ring is 1. The summed E-state index contributed by atoms with van der Waals surface area (Å²) in [5, 5.41) is 10.1. The summed E-state index contributed by atoms with van der Waals surface area (Å²) in [6.07, 6.45) is 1.72. The molecule has 110 valence electrons. The molecule has 0 bridgehead atoms. The number of carbonyl (C=O) groups is 2. The van der Waals surface area contributed by atoms with Crippen LogP contribution in [0.4, 0.5) is 11.5 Å². The van der Waals surface area contributed by atoms with Gasteiger partial charge in [0, 0.05) is 12.0 Å². The first-order chi connectivity index (χ1) is 10.3. The minimum absolute atomic E-state index is 0.0212. The number of hydrogen-bond donors (Lipinski definition) is 3. The highest BCUT2D eigenvalue weighted by molar-refractivity contribution is 6.60. The largest absolute Gasteiger partial charge is 0.397 e. The van der Waals surface area contributed by atoms with Crippen LogP contribution in [-0.2, 0) is 4.79 Å². The highest BCUT2D eigenvalue weighted by Gasteiger charge is 2.30. The van der Waals surface area contributed by atoms with Crippen molar-refractivity contribution in [3.8, 4) is 0 Å². The van der Waals surface area contributed by atoms with Gasteiger partial charge in [-0.25, -0.2) is 0 Å². The Labute approximate surface area is 133 Å². The van der Waals surface area contributed by atoms with Crippen molar-refractivity contribution in [2.75, 3.05) is 11.1 Å². The molecule has 0 aliphatic heterocycles. The van der Waals surface area contributed by atoms with Crippen LogP contribution in [0.25, 0.3) is 0 Å². The van der Waals surface area contributed by atoms with E-state index in [9.17, 15) is 9.59 Å². The fraction of sp³-hybridized carbons (Fsp3) is 0.500. The van der Waals surface area contributed by atoms with Crippen LogP contribution >= 0.6 is 0 Å². The van der Waals surface area contributed by atoms with Crippen LogP contribution in [0.5, 0.6) is 0 Å². The second-order valence-corrected chi connectivity index (χ2v) is 4.68. The van der Waals surface area contributed by atoms with Gasteiger partial charge in [0.1, 0.15) is 0 Å². The van der Waals surface area contributed by atoms with Crippen molar-refractivity contribution >= 4 is 46.9 Å². The summed E-state index contributed by atoms with van der Waals surface area (Å²) < 4.78 is 0. The lowest BCUT2D eigenvalue weighted by Crippen LogP contribution is -2.50. The number of rotatable bonds is 4. The molecule has 7 nitrogen and oxygen atoms in total. The first-order valence-electron chi connectivity index (χ1n) is 6.89. The number of anilines is 2. The van der Waals surface area contributed by atoms with E-state index in [0.29, 0.717) is 0 Å². The van der Waals surface area contributed by atoms with Crippen LogP contribution in [0.15, 0.2) is 6.07 Å². The fourth-order valence-corrected chi connectivity index (χ4v) is 1.47. The van der Waals surface area contributed by atoms with Crippen LogP contribution in [0.3, 0.4) is 0 Å². The van der Waals surface area contributed by atoms with Crippen molar-refractivity contribution in [2.45, 2.75) is 31.9 Å². The Bertz CT molecular complexity index is 558. The van der Waals surface area contributed by atoms with E-state index in [4.69, 9.17) is 29.3 Å². The molecule has 1 aliphatic carbocycles. The van der Waals surface area contributed by atoms with Gasteiger partial charge in [-0.1, -0.05) is 19.1 Å². The lowest BCUT2D eigenvalue weighted by Gasteiger charge is -2.21. The van der Waals surface area contributed by atoms with Gasteiger partial charge in [0.05, 0.1) is 29.2 Å². The Kier molecular flexibility index (Phi) is 6.02. The van der Waals surface area contributed by atoms with Crippen LogP contribution in [0, 0.1) is 5.92 Å². The molecular formula is C12H16B3N5O2. The Hall–Kier alpha value is -1.99. The lowest BCUT2D eigenvalue weighted by molar-refractivity contribution is -0.117. The van der Waals surface area contributed by atoms with Gasteiger partial charge >= 0.3 is 0 Å². The molecule has 1 aromatic rings. The van der Waals surface area contributed by atoms with Crippen LogP contribution in [0.1, 0.15) is 37.2 Å². The number of amides is 2. The number of nitrogens with one attached hydrogen (secondary N) is 2. The highest BCUT2D eigenvalue weighted by Crippen LogP contribution is 2.30. The number of aromatic nitrogens is 2. The smallest absolute Gasteiger partial charge is 0.272 e. The molecule has 0 spiro atoms. The maximum Gasteiger partial charge on any atom is 0.272 e. The molecule has 0 unspecified atom stereocenters. The van der Waals surface area contributed by atoms with Crippen LogP contribution in [-0.4, -0.2) is 50.8 Å². The molecule has 0 atom stereocenters. The zero-order chi connectivity index (χ0) is 16.9. The van der Waals surface area contributed by atoms with E-state index < -0.39 is 11.1 Å². The summed E-state index contributed by atoms with van der Waals surface area (Å²) in [5.41, 5.74) is 5.51. The minimum Gasteiger partial charge on any atom is -0.397 e. The van der Waals surface area contributed by atoms with Gasteiger partial charge in [-0.05, 0) is 12.8 Å². The average Bonchev–Trinajstić information content (AvgIpc) is 3.23. The monoisotopic (exact) mass is 295 g/mol. The molecule has 10 heteroatoms. The molecule has 0 aromatic carbocycles. The molecule has 1 fully saturated rings. The van der Waals surface area contributed by atoms with Gasteiger partial charge in [-0.3, -0.25) is 9.59 Å². The van der Waals surface area contributed by atoms with Crippen molar-refractivity contribution in [2.24, 2.45) is 5.92 Å². The molecule has 0 saturated heterocycles. The third kappa shape index (κ3) is 5.42. The molecule has 2 rings (SSSR count). The highest BCUT2D eigenvalue weighted by atomic mass is 16.2. The first-order valence-corrected chi connectivity index (χ1v) is 6.89. The van der Waals surface area contributed by atoms with Crippen molar-refractivity contribution in [1.29, 1.82) is 0 Å². The Morgan fingerprint density at radius 3 is 2.32 bits per heavy atom. The minimum atomic E-state index is -1.88. The van der Waals surface area contributed by atoms with Crippen LogP contribution in [0.2, 0.25) is 0 Å². The number of hydrogen-bond acceptors (Lipinski definition) is 5. The molecule has 22 heavy (non-hydrogen) atoms. The van der Waals surface area contributed by atoms with E-state index in [1.165, 1.54) is 6.07 Å². The summed E-state index contributed by atoms with van der Waals surface area (Å²) in [5.74, 6) is -0.702. The second kappa shape index (κ2) is 7.33. The molecule has 1 saturated carbocycles. The van der Waals surface area contributed by atoms with Gasteiger partial charge < -0.3 is 16.4 Å². The van der Waals surface area contributed by atoms with Gasteiger partial charge in [-0.2, -0.15) is 0 Å². The Morgan fingerprint density at radius 1 is 1.27 bits per heavy atom. The zero-order valence-electron chi connectivity index (χ0n) is 12.6. The number of nitrogens with two attached hydrogens (primary N) is 1. The number of carbonyl (C=O) groups excluding carboxylic acids is 2. The summed E-state index contributed by atoms with van der Waals surface area (Å²) in [6, 6.07) is 1.33. The van der Waals surface area contributed by atoms with Crippen molar-refractivity contribution in [3.05, 3.63) is 11.8 Å². The lowest BCUT2D eigenvalue weighted by atomic mass is 9.49.